The number of carbonyl (C=O) groups excluding carboxylic acids is 1. The second kappa shape index (κ2) is 6.06. The molecule has 1 N–H and O–H groups in total. The van der Waals surface area contributed by atoms with Crippen LogP contribution in [0.4, 0.5) is 0 Å². The van der Waals surface area contributed by atoms with Crippen LogP contribution in [-0.4, -0.2) is 45.2 Å². The second-order valence-corrected chi connectivity index (χ2v) is 5.57. The van der Waals surface area contributed by atoms with Crippen LogP contribution >= 0.6 is 12.4 Å². The second-order valence-electron chi connectivity index (χ2n) is 5.57. The van der Waals surface area contributed by atoms with Gasteiger partial charge in [-0.05, 0) is 0 Å². The molecule has 0 bridgehead atoms. The summed E-state index contributed by atoms with van der Waals surface area (Å²) in [5, 5.41) is 11.7. The Morgan fingerprint density at radius 3 is 2.59 bits per heavy atom. The highest BCUT2D eigenvalue weighted by Gasteiger charge is 2.32. The summed E-state index contributed by atoms with van der Waals surface area (Å²) in [5.41, 5.74) is 1.07. The van der Waals surface area contributed by atoms with Crippen molar-refractivity contribution in [1.29, 1.82) is 0 Å². The molecular formula is C15H18ClN5O. The molecule has 1 aromatic heterocycles. The number of halogens is 1. The van der Waals surface area contributed by atoms with Gasteiger partial charge in [0.05, 0.1) is 12.5 Å². The van der Waals surface area contributed by atoms with Gasteiger partial charge in [-0.25, -0.2) is 0 Å². The van der Waals surface area contributed by atoms with Gasteiger partial charge in [0.2, 0.25) is 5.91 Å². The molecule has 0 saturated carbocycles. The monoisotopic (exact) mass is 319 g/mol. The maximum atomic E-state index is 12.3. The summed E-state index contributed by atoms with van der Waals surface area (Å²) in [6, 6.07) is 10.1. The van der Waals surface area contributed by atoms with Crippen LogP contribution < -0.4 is 5.32 Å². The third-order valence-electron chi connectivity index (χ3n) is 4.23. The van der Waals surface area contributed by atoms with Crippen molar-refractivity contribution in [3.8, 4) is 11.4 Å². The minimum atomic E-state index is 0. The lowest BCUT2D eigenvalue weighted by molar-refractivity contribution is -0.138. The number of amides is 1. The molecule has 1 fully saturated rings. The first-order valence-electron chi connectivity index (χ1n) is 7.30. The van der Waals surface area contributed by atoms with E-state index in [1.807, 2.05) is 35.2 Å². The van der Waals surface area contributed by atoms with E-state index in [9.17, 15) is 4.79 Å². The molecule has 116 valence electrons. The van der Waals surface area contributed by atoms with E-state index in [4.69, 9.17) is 0 Å². The van der Waals surface area contributed by atoms with E-state index in [0.29, 0.717) is 6.54 Å². The predicted molar refractivity (Wildman–Crippen MR) is 84.5 cm³/mol. The molecule has 2 aliphatic rings. The van der Waals surface area contributed by atoms with Crippen LogP contribution in [0, 0.1) is 5.92 Å². The molecule has 0 spiro atoms. The highest BCUT2D eigenvalue weighted by atomic mass is 35.5. The van der Waals surface area contributed by atoms with E-state index >= 15 is 0 Å². The summed E-state index contributed by atoms with van der Waals surface area (Å²) < 4.78 is 2.12. The van der Waals surface area contributed by atoms with Gasteiger partial charge in [0.25, 0.3) is 0 Å². The van der Waals surface area contributed by atoms with Gasteiger partial charge in [-0.2, -0.15) is 0 Å². The summed E-state index contributed by atoms with van der Waals surface area (Å²) in [7, 11) is 0. The van der Waals surface area contributed by atoms with E-state index in [-0.39, 0.29) is 24.2 Å². The van der Waals surface area contributed by atoms with Crippen molar-refractivity contribution in [2.75, 3.05) is 19.6 Å². The Labute approximate surface area is 134 Å². The molecule has 2 aromatic rings. The first-order chi connectivity index (χ1) is 10.3. The van der Waals surface area contributed by atoms with Crippen LogP contribution in [0.2, 0.25) is 0 Å². The third-order valence-corrected chi connectivity index (χ3v) is 4.23. The van der Waals surface area contributed by atoms with Crippen molar-refractivity contribution in [2.45, 2.75) is 13.1 Å². The molecule has 0 radical (unpaired) electrons. The molecule has 0 aliphatic carbocycles. The van der Waals surface area contributed by atoms with Crippen molar-refractivity contribution in [2.24, 2.45) is 5.92 Å². The third kappa shape index (κ3) is 2.48. The summed E-state index contributed by atoms with van der Waals surface area (Å²) in [4.78, 5) is 14.2. The quantitative estimate of drug-likeness (QED) is 0.894. The largest absolute Gasteiger partial charge is 0.333 e. The zero-order chi connectivity index (χ0) is 14.2. The standard InChI is InChI=1S/C15H17N5O.ClH/c21-15(12-8-16-9-12)19-6-7-20-13(10-19)17-18-14(20)11-4-2-1-3-5-11;/h1-5,12,16H,6-10H2;1H. The first kappa shape index (κ1) is 15.0. The average molecular weight is 320 g/mol. The van der Waals surface area contributed by atoms with Crippen LogP contribution in [0.1, 0.15) is 5.82 Å². The Bertz CT molecular complexity index is 668. The Balaban J connectivity index is 0.00000144. The van der Waals surface area contributed by atoms with Crippen LogP contribution in [0.15, 0.2) is 30.3 Å². The van der Waals surface area contributed by atoms with Crippen LogP contribution in [0.3, 0.4) is 0 Å². The van der Waals surface area contributed by atoms with Crippen molar-refractivity contribution >= 4 is 18.3 Å². The van der Waals surface area contributed by atoms with Gasteiger partial charge in [-0.3, -0.25) is 4.79 Å². The number of nitrogens with one attached hydrogen (secondary N) is 1. The van der Waals surface area contributed by atoms with E-state index in [1.165, 1.54) is 0 Å². The molecule has 0 unspecified atom stereocenters. The molecule has 22 heavy (non-hydrogen) atoms. The maximum absolute atomic E-state index is 12.3. The predicted octanol–water partition coefficient (Wildman–Crippen LogP) is 0.928. The Hall–Kier alpha value is -1.92. The highest BCUT2D eigenvalue weighted by molar-refractivity contribution is 5.85. The molecule has 7 heteroatoms. The van der Waals surface area contributed by atoms with E-state index in [1.54, 1.807) is 0 Å². The van der Waals surface area contributed by atoms with Crippen LogP contribution in [0.25, 0.3) is 11.4 Å². The molecule has 1 aromatic carbocycles. The number of aromatic nitrogens is 3. The zero-order valence-corrected chi connectivity index (χ0v) is 12.9. The molecule has 6 nitrogen and oxygen atoms in total. The number of fused-ring (bicyclic) bond motifs is 1. The number of hydrogen-bond donors (Lipinski definition) is 1. The summed E-state index contributed by atoms with van der Waals surface area (Å²) in [5.74, 6) is 2.15. The Morgan fingerprint density at radius 1 is 1.14 bits per heavy atom. The van der Waals surface area contributed by atoms with E-state index in [2.05, 4.69) is 20.1 Å². The fraction of sp³-hybridized carbons (Fsp3) is 0.400. The van der Waals surface area contributed by atoms with Gasteiger partial charge in [0.1, 0.15) is 0 Å². The van der Waals surface area contributed by atoms with E-state index < -0.39 is 0 Å². The van der Waals surface area contributed by atoms with Gasteiger partial charge in [0.15, 0.2) is 11.6 Å². The highest BCUT2D eigenvalue weighted by Crippen LogP contribution is 2.22. The van der Waals surface area contributed by atoms with Crippen molar-refractivity contribution in [3.05, 3.63) is 36.2 Å². The van der Waals surface area contributed by atoms with Gasteiger partial charge in [-0.1, -0.05) is 30.3 Å². The van der Waals surface area contributed by atoms with Crippen molar-refractivity contribution in [1.82, 2.24) is 25.0 Å². The minimum absolute atomic E-state index is 0. The number of benzene rings is 1. The van der Waals surface area contributed by atoms with E-state index in [0.717, 1.165) is 43.4 Å². The molecule has 3 heterocycles. The fourth-order valence-corrected chi connectivity index (χ4v) is 2.87. The molecule has 4 rings (SSSR count). The minimum Gasteiger partial charge on any atom is -0.333 e. The topological polar surface area (TPSA) is 63.1 Å². The molecule has 1 amide bonds. The Morgan fingerprint density at radius 2 is 1.91 bits per heavy atom. The lowest BCUT2D eigenvalue weighted by Crippen LogP contribution is -2.53. The lowest BCUT2D eigenvalue weighted by atomic mass is 10.0. The first-order valence-corrected chi connectivity index (χ1v) is 7.30. The molecular weight excluding hydrogens is 302 g/mol. The van der Waals surface area contributed by atoms with Crippen LogP contribution in [0.5, 0.6) is 0 Å². The summed E-state index contributed by atoms with van der Waals surface area (Å²) in [6.07, 6.45) is 0. The fourth-order valence-electron chi connectivity index (χ4n) is 2.87. The smallest absolute Gasteiger partial charge is 0.228 e. The van der Waals surface area contributed by atoms with Crippen molar-refractivity contribution in [3.63, 3.8) is 0 Å². The number of carbonyl (C=O) groups is 1. The maximum Gasteiger partial charge on any atom is 0.228 e. The van der Waals surface area contributed by atoms with Crippen molar-refractivity contribution < 1.29 is 4.79 Å². The Kier molecular flexibility index (Phi) is 4.13. The van der Waals surface area contributed by atoms with Gasteiger partial charge >= 0.3 is 0 Å². The van der Waals surface area contributed by atoms with Gasteiger partial charge < -0.3 is 14.8 Å². The number of nitrogens with zero attached hydrogens (tertiary/aromatic N) is 4. The summed E-state index contributed by atoms with van der Waals surface area (Å²) in [6.45, 7) is 3.67. The summed E-state index contributed by atoms with van der Waals surface area (Å²) >= 11 is 0. The number of hydrogen-bond acceptors (Lipinski definition) is 4. The SMILES string of the molecule is Cl.O=C(C1CNC1)N1CCn2c(nnc2-c2ccccc2)C1. The lowest BCUT2D eigenvalue weighted by Gasteiger charge is -2.34. The molecule has 1 saturated heterocycles. The van der Waals surface area contributed by atoms with Gasteiger partial charge in [0, 0.05) is 31.7 Å². The number of rotatable bonds is 2. The van der Waals surface area contributed by atoms with Crippen LogP contribution in [-0.2, 0) is 17.9 Å². The average Bonchev–Trinajstić information content (AvgIpc) is 2.89. The molecule has 2 aliphatic heterocycles. The van der Waals surface area contributed by atoms with Gasteiger partial charge in [-0.15, -0.1) is 22.6 Å². The zero-order valence-electron chi connectivity index (χ0n) is 12.1. The normalized spacial score (nSPS) is 17.4. The molecule has 0 atom stereocenters.